The highest BCUT2D eigenvalue weighted by Gasteiger charge is 2.68. The highest BCUT2D eigenvalue weighted by molar-refractivity contribution is 5.91. The second-order valence-electron chi connectivity index (χ2n) is 12.1. The van der Waals surface area contributed by atoms with Crippen molar-refractivity contribution in [3.05, 3.63) is 11.6 Å². The van der Waals surface area contributed by atoms with Gasteiger partial charge in [-0.2, -0.15) is 0 Å². The van der Waals surface area contributed by atoms with E-state index in [9.17, 15) is 29.7 Å². The van der Waals surface area contributed by atoms with Gasteiger partial charge in [-0.25, -0.2) is 0 Å². The van der Waals surface area contributed by atoms with Crippen LogP contribution in [0.15, 0.2) is 11.6 Å². The highest BCUT2D eigenvalue weighted by atomic mass is 16.4. The molecule has 4 saturated carbocycles. The van der Waals surface area contributed by atoms with Crippen molar-refractivity contribution in [2.45, 2.75) is 116 Å². The number of carboxylic acids is 1. The number of hydrogen-bond acceptors (Lipinski definition) is 6. The lowest BCUT2D eigenvalue weighted by molar-refractivity contribution is -0.182. The molecule has 0 amide bonds. The molecule has 4 N–H and O–H groups in total. The second kappa shape index (κ2) is 11.4. The molecule has 36 heavy (non-hydrogen) atoms. The molecule has 7 atom stereocenters. The summed E-state index contributed by atoms with van der Waals surface area (Å²) in [6, 6.07) is 0. The maximum Gasteiger partial charge on any atom is 0.303 e. The van der Waals surface area contributed by atoms with Crippen molar-refractivity contribution in [1.29, 1.82) is 0 Å². The van der Waals surface area contributed by atoms with Crippen LogP contribution in [0, 0.1) is 28.6 Å². The molecule has 5 aliphatic rings. The summed E-state index contributed by atoms with van der Waals surface area (Å²) in [5.41, 5.74) is -1.23. The Morgan fingerprint density at radius 3 is 2.14 bits per heavy atom. The number of aliphatic hydroxyl groups excluding tert-OH is 2. The van der Waals surface area contributed by atoms with Gasteiger partial charge in [0.2, 0.25) is 0 Å². The van der Waals surface area contributed by atoms with Gasteiger partial charge < -0.3 is 20.4 Å². The zero-order valence-electron chi connectivity index (χ0n) is 22.3. The van der Waals surface area contributed by atoms with E-state index in [0.717, 1.165) is 25.7 Å². The average molecular weight is 507 g/mol. The van der Waals surface area contributed by atoms with Crippen LogP contribution >= 0.6 is 0 Å². The van der Waals surface area contributed by atoms with Crippen LogP contribution in [0.2, 0.25) is 0 Å². The SMILES string of the molecule is C1CCCC1.CCC(=O)O.C[C@]12CCC(=O)C=C1CC[C@@H]1[C@@H]2[C@@H](O)C[C@@]2(C)[C@H]1CC[C@]2(O)C(=O)CO. The fraction of sp³-hybridized carbons (Fsp3) is 0.828. The largest absolute Gasteiger partial charge is 0.481 e. The molecule has 7 heteroatoms. The first kappa shape index (κ1) is 29.0. The van der Waals surface area contributed by atoms with Gasteiger partial charge in [0.15, 0.2) is 11.6 Å². The molecule has 0 bridgehead atoms. The van der Waals surface area contributed by atoms with Crippen molar-refractivity contribution in [2.24, 2.45) is 28.6 Å². The van der Waals surface area contributed by atoms with Crippen LogP contribution in [0.1, 0.15) is 104 Å². The van der Waals surface area contributed by atoms with Gasteiger partial charge in [0, 0.05) is 18.3 Å². The topological polar surface area (TPSA) is 132 Å². The molecule has 0 aromatic rings. The molecule has 5 rings (SSSR count). The molecule has 0 aromatic carbocycles. The number of Topliss-reactive ketones (excluding diaryl/α,β-unsaturated/α-hetero) is 1. The summed E-state index contributed by atoms with van der Waals surface area (Å²) < 4.78 is 0. The van der Waals surface area contributed by atoms with Crippen molar-refractivity contribution in [3.63, 3.8) is 0 Å². The lowest BCUT2D eigenvalue weighted by Gasteiger charge is -2.60. The molecule has 7 nitrogen and oxygen atoms in total. The highest BCUT2D eigenvalue weighted by Crippen LogP contribution is 2.67. The molecular formula is C29H46O7. The Morgan fingerprint density at radius 2 is 1.61 bits per heavy atom. The van der Waals surface area contributed by atoms with Crippen LogP contribution in [0.5, 0.6) is 0 Å². The zero-order chi connectivity index (χ0) is 26.7. The molecule has 4 fully saturated rings. The van der Waals surface area contributed by atoms with E-state index in [1.807, 2.05) is 6.92 Å². The minimum atomic E-state index is -1.54. The predicted molar refractivity (Wildman–Crippen MR) is 136 cm³/mol. The summed E-state index contributed by atoms with van der Waals surface area (Å²) in [7, 11) is 0. The molecule has 0 heterocycles. The molecule has 0 aromatic heterocycles. The van der Waals surface area contributed by atoms with Gasteiger partial charge in [0.25, 0.3) is 0 Å². The Hall–Kier alpha value is -1.57. The quantitative estimate of drug-likeness (QED) is 0.451. The van der Waals surface area contributed by atoms with E-state index in [1.165, 1.54) is 37.7 Å². The Kier molecular flexibility index (Phi) is 9.22. The van der Waals surface area contributed by atoms with Crippen LogP contribution < -0.4 is 0 Å². The van der Waals surface area contributed by atoms with Gasteiger partial charge in [0.05, 0.1) is 6.10 Å². The number of carbonyl (C=O) groups excluding carboxylic acids is 2. The van der Waals surface area contributed by atoms with Crippen molar-refractivity contribution < 1.29 is 34.8 Å². The van der Waals surface area contributed by atoms with E-state index >= 15 is 0 Å². The Labute approximate surface area is 215 Å². The minimum Gasteiger partial charge on any atom is -0.481 e. The third-order valence-electron chi connectivity index (χ3n) is 10.2. The van der Waals surface area contributed by atoms with Crippen LogP contribution in [-0.2, 0) is 14.4 Å². The summed E-state index contributed by atoms with van der Waals surface area (Å²) >= 11 is 0. The number of hydrogen-bond donors (Lipinski definition) is 4. The standard InChI is InChI=1S/C21H30O5.C5H10.C3H6O2/c1-19-7-5-13(23)9-12(19)3-4-14-15-6-8-21(26,17(25)11-22)20(15,2)10-16(24)18(14)19;1-2-4-5-3-1;1-2-3(4)5/h9,14-16,18,22,24,26H,3-8,10-11H2,1-2H3;1-5H2;2H2,1H3,(H,4,5)/t14-,15-,16-,18+,19-,20-,21-;;/m0../s1. The maximum atomic E-state index is 12.4. The molecule has 0 radical (unpaired) electrons. The maximum absolute atomic E-state index is 12.4. The third kappa shape index (κ3) is 5.21. The van der Waals surface area contributed by atoms with Crippen molar-refractivity contribution in [3.8, 4) is 0 Å². The molecule has 0 spiro atoms. The first-order valence-electron chi connectivity index (χ1n) is 13.9. The summed E-state index contributed by atoms with van der Waals surface area (Å²) in [4.78, 5) is 33.6. The predicted octanol–water partition coefficient (Wildman–Crippen LogP) is 4.21. The van der Waals surface area contributed by atoms with E-state index in [0.29, 0.717) is 19.3 Å². The van der Waals surface area contributed by atoms with E-state index in [1.54, 1.807) is 13.0 Å². The molecule has 5 aliphatic carbocycles. The lowest BCUT2D eigenvalue weighted by Crippen LogP contribution is -2.62. The Bertz CT molecular complexity index is 854. The van der Waals surface area contributed by atoms with Gasteiger partial charge in [-0.3, -0.25) is 14.4 Å². The number of fused-ring (bicyclic) bond motifs is 5. The van der Waals surface area contributed by atoms with Gasteiger partial charge in [-0.1, -0.05) is 58.4 Å². The Balaban J connectivity index is 0.000000303. The van der Waals surface area contributed by atoms with Crippen molar-refractivity contribution >= 4 is 17.5 Å². The van der Waals surface area contributed by atoms with Crippen LogP contribution in [-0.4, -0.2) is 56.3 Å². The molecule has 0 saturated heterocycles. The second-order valence-corrected chi connectivity index (χ2v) is 12.1. The number of carbonyl (C=O) groups is 3. The normalized spacial score (nSPS) is 40.8. The van der Waals surface area contributed by atoms with Crippen LogP contribution in [0.25, 0.3) is 0 Å². The Morgan fingerprint density at radius 1 is 1.03 bits per heavy atom. The van der Waals surface area contributed by atoms with Crippen LogP contribution in [0.4, 0.5) is 0 Å². The van der Waals surface area contributed by atoms with Gasteiger partial charge in [0.1, 0.15) is 12.2 Å². The summed E-state index contributed by atoms with van der Waals surface area (Å²) in [6.45, 7) is 5.06. The van der Waals surface area contributed by atoms with E-state index in [4.69, 9.17) is 5.11 Å². The van der Waals surface area contributed by atoms with Crippen LogP contribution in [0.3, 0.4) is 0 Å². The summed E-state index contributed by atoms with van der Waals surface area (Å²) in [6.07, 6.45) is 13.5. The number of aliphatic carboxylic acids is 1. The zero-order valence-corrected chi connectivity index (χ0v) is 22.3. The van der Waals surface area contributed by atoms with Gasteiger partial charge in [-0.15, -0.1) is 0 Å². The van der Waals surface area contributed by atoms with E-state index < -0.39 is 35.5 Å². The number of ketones is 2. The van der Waals surface area contributed by atoms with E-state index in [2.05, 4.69) is 6.92 Å². The monoisotopic (exact) mass is 506 g/mol. The molecule has 0 aliphatic heterocycles. The number of aliphatic hydroxyl groups is 3. The average Bonchev–Trinajstić information content (AvgIpc) is 3.50. The molecule has 204 valence electrons. The fourth-order valence-corrected chi connectivity index (χ4v) is 8.16. The number of carboxylic acid groups (broad SMARTS) is 1. The first-order chi connectivity index (χ1) is 16.9. The van der Waals surface area contributed by atoms with Crippen molar-refractivity contribution in [1.82, 2.24) is 0 Å². The van der Waals surface area contributed by atoms with Gasteiger partial charge >= 0.3 is 5.97 Å². The first-order valence-corrected chi connectivity index (χ1v) is 13.9. The fourth-order valence-electron chi connectivity index (χ4n) is 8.16. The minimum absolute atomic E-state index is 0.0697. The summed E-state index contributed by atoms with van der Waals surface area (Å²) in [5, 5.41) is 39.4. The smallest absolute Gasteiger partial charge is 0.303 e. The lowest BCUT2D eigenvalue weighted by atomic mass is 9.45. The number of allylic oxidation sites excluding steroid dienone is 1. The van der Waals surface area contributed by atoms with Gasteiger partial charge in [-0.05, 0) is 67.8 Å². The van der Waals surface area contributed by atoms with Crippen molar-refractivity contribution in [2.75, 3.05) is 6.61 Å². The number of rotatable bonds is 3. The molecular weight excluding hydrogens is 460 g/mol. The molecule has 0 unspecified atom stereocenters. The van der Waals surface area contributed by atoms with E-state index in [-0.39, 0.29) is 35.4 Å². The summed E-state index contributed by atoms with van der Waals surface area (Å²) in [5.74, 6) is -0.605. The third-order valence-corrected chi connectivity index (χ3v) is 10.2.